The minimum Gasteiger partial charge on any atom is -0.496 e. The number of ether oxygens (including phenoxy) is 1. The minimum atomic E-state index is -0.943. The third-order valence-electron chi connectivity index (χ3n) is 7.35. The number of amides is 1. The van der Waals surface area contributed by atoms with E-state index in [0.717, 1.165) is 28.7 Å². The molecule has 0 bridgehead atoms. The average Bonchev–Trinajstić information content (AvgIpc) is 3.09. The molecule has 5 rings (SSSR count). The van der Waals surface area contributed by atoms with Crippen molar-refractivity contribution in [1.29, 1.82) is 0 Å². The van der Waals surface area contributed by atoms with Gasteiger partial charge in [0, 0.05) is 47.7 Å². The molecule has 1 fully saturated rings. The van der Waals surface area contributed by atoms with Crippen LogP contribution >= 0.6 is 0 Å². The van der Waals surface area contributed by atoms with Gasteiger partial charge in [-0.1, -0.05) is 18.2 Å². The van der Waals surface area contributed by atoms with Gasteiger partial charge in [0.1, 0.15) is 11.9 Å². The first-order chi connectivity index (χ1) is 15.8. The molecule has 174 valence electrons. The Balaban J connectivity index is 1.55. The van der Waals surface area contributed by atoms with E-state index < -0.39 is 6.17 Å². The van der Waals surface area contributed by atoms with E-state index in [0.29, 0.717) is 29.1 Å². The second-order valence-corrected chi connectivity index (χ2v) is 9.18. The number of hydrogen-bond donors (Lipinski definition) is 3. The summed E-state index contributed by atoms with van der Waals surface area (Å²) in [5, 5.41) is 6.99. The topological polar surface area (TPSA) is 88.2 Å². The van der Waals surface area contributed by atoms with Crippen LogP contribution in [0.2, 0.25) is 0 Å². The number of alkyl halides is 1. The van der Waals surface area contributed by atoms with Gasteiger partial charge in [-0.25, -0.2) is 4.39 Å². The van der Waals surface area contributed by atoms with Crippen LogP contribution in [-0.2, 0) is 6.54 Å². The highest BCUT2D eigenvalue weighted by Crippen LogP contribution is 2.48. The van der Waals surface area contributed by atoms with Gasteiger partial charge < -0.3 is 24.9 Å². The lowest BCUT2D eigenvalue weighted by atomic mass is 9.74. The number of benzene rings is 1. The molecule has 0 spiro atoms. The van der Waals surface area contributed by atoms with Crippen LogP contribution in [0.4, 0.5) is 4.39 Å². The average molecular weight is 453 g/mol. The van der Waals surface area contributed by atoms with Crippen molar-refractivity contribution in [3.05, 3.63) is 62.7 Å². The van der Waals surface area contributed by atoms with Crippen molar-refractivity contribution in [2.24, 2.45) is 5.92 Å². The van der Waals surface area contributed by atoms with Gasteiger partial charge in [0.15, 0.2) is 0 Å². The molecule has 0 aliphatic carbocycles. The highest BCUT2D eigenvalue weighted by atomic mass is 19.1. The monoisotopic (exact) mass is 452 g/mol. The number of piperidine rings is 1. The lowest BCUT2D eigenvalue weighted by Crippen LogP contribution is -2.48. The maximum atomic E-state index is 15.0. The number of nitrogens with zero attached hydrogens (tertiary/aromatic N) is 1. The van der Waals surface area contributed by atoms with E-state index in [2.05, 4.69) is 33.2 Å². The van der Waals surface area contributed by atoms with Gasteiger partial charge in [-0.05, 0) is 32.4 Å². The predicted octanol–water partition coefficient (Wildman–Crippen LogP) is 3.10. The van der Waals surface area contributed by atoms with Crippen LogP contribution < -0.4 is 20.9 Å². The van der Waals surface area contributed by atoms with Crippen molar-refractivity contribution in [1.82, 2.24) is 20.2 Å². The molecule has 1 saturated heterocycles. The first-order valence-electron chi connectivity index (χ1n) is 11.4. The van der Waals surface area contributed by atoms with E-state index in [9.17, 15) is 14.0 Å². The maximum absolute atomic E-state index is 15.0. The van der Waals surface area contributed by atoms with Crippen LogP contribution in [0.25, 0.3) is 10.9 Å². The molecule has 1 aromatic carbocycles. The first-order valence-corrected chi connectivity index (χ1v) is 11.4. The number of fused-ring (bicyclic) bond motifs is 2. The summed E-state index contributed by atoms with van der Waals surface area (Å²) >= 11 is 0. The molecule has 4 atom stereocenters. The van der Waals surface area contributed by atoms with Gasteiger partial charge >= 0.3 is 0 Å². The Hall–Kier alpha value is -3.13. The predicted molar refractivity (Wildman–Crippen MR) is 125 cm³/mol. The van der Waals surface area contributed by atoms with Gasteiger partial charge in [0.05, 0.1) is 30.3 Å². The lowest BCUT2D eigenvalue weighted by Gasteiger charge is -2.43. The molecule has 3 N–H and O–H groups in total. The van der Waals surface area contributed by atoms with Crippen LogP contribution in [-0.4, -0.2) is 41.8 Å². The van der Waals surface area contributed by atoms with Crippen LogP contribution in [0.5, 0.6) is 5.75 Å². The fourth-order valence-electron chi connectivity index (χ4n) is 5.93. The second kappa shape index (κ2) is 8.02. The molecule has 2 aliphatic rings. The van der Waals surface area contributed by atoms with Gasteiger partial charge in [0.25, 0.3) is 11.5 Å². The summed E-state index contributed by atoms with van der Waals surface area (Å²) in [5.74, 6) is 0.111. The molecule has 2 aromatic heterocycles. The molecule has 7 nitrogen and oxygen atoms in total. The van der Waals surface area contributed by atoms with Crippen molar-refractivity contribution in [3.8, 4) is 5.75 Å². The number of rotatable bonds is 4. The van der Waals surface area contributed by atoms with Crippen LogP contribution in [0.1, 0.15) is 51.8 Å². The zero-order valence-electron chi connectivity index (χ0n) is 19.3. The molecule has 1 amide bonds. The zero-order valence-corrected chi connectivity index (χ0v) is 19.3. The Kier molecular flexibility index (Phi) is 5.28. The van der Waals surface area contributed by atoms with E-state index >= 15 is 0 Å². The van der Waals surface area contributed by atoms with E-state index in [-0.39, 0.29) is 35.9 Å². The van der Waals surface area contributed by atoms with Gasteiger partial charge in [-0.3, -0.25) is 9.59 Å². The number of carbonyl (C=O) groups excluding carboxylic acids is 1. The molecule has 33 heavy (non-hydrogen) atoms. The fraction of sp³-hybridized carbons (Fsp3) is 0.440. The number of halogens is 1. The number of methoxy groups -OCH3 is 1. The molecule has 8 heteroatoms. The number of aryl methyl sites for hydroxylation is 1. The maximum Gasteiger partial charge on any atom is 0.256 e. The van der Waals surface area contributed by atoms with E-state index in [1.165, 1.54) is 7.11 Å². The molecular weight excluding hydrogens is 423 g/mol. The van der Waals surface area contributed by atoms with Gasteiger partial charge in [0.2, 0.25) is 0 Å². The normalized spacial score (nSPS) is 23.9. The van der Waals surface area contributed by atoms with Gasteiger partial charge in [-0.2, -0.15) is 0 Å². The van der Waals surface area contributed by atoms with Crippen molar-refractivity contribution in [2.75, 3.05) is 20.2 Å². The van der Waals surface area contributed by atoms with Crippen LogP contribution in [0.3, 0.4) is 0 Å². The number of hydrogen-bond acceptors (Lipinski definition) is 4. The number of nitrogens with one attached hydrogen (secondary N) is 3. The summed E-state index contributed by atoms with van der Waals surface area (Å²) in [6, 6.07) is 7.62. The zero-order chi connectivity index (χ0) is 23.4. The molecule has 0 radical (unpaired) electrons. The molecule has 0 saturated carbocycles. The lowest BCUT2D eigenvalue weighted by molar-refractivity contribution is 0.0949. The summed E-state index contributed by atoms with van der Waals surface area (Å²) in [4.78, 5) is 28.6. The summed E-state index contributed by atoms with van der Waals surface area (Å²) < 4.78 is 22.5. The minimum absolute atomic E-state index is 0.0424. The quantitative estimate of drug-likeness (QED) is 0.568. The van der Waals surface area contributed by atoms with Crippen molar-refractivity contribution in [3.63, 3.8) is 0 Å². The molecular formula is C25H29FN4O3. The SMILES string of the molecule is COc1cc(C)[nH]c(=O)c1CNC(=O)c1c(C)n2c3c(cccc13)C1CNCC(F)C1C2C. The van der Waals surface area contributed by atoms with Crippen LogP contribution in [0.15, 0.2) is 29.1 Å². The Morgan fingerprint density at radius 1 is 1.30 bits per heavy atom. The van der Waals surface area contributed by atoms with Crippen molar-refractivity contribution < 1.29 is 13.9 Å². The standard InChI is InChI=1S/C25H29FN4O3/c1-12-8-20(33-4)18(24(31)29-12)10-28-25(32)22-14(3)30-13(2)21-17(9-27-11-19(21)26)15-6-5-7-16(22)23(15)30/h5-8,13,17,19,21,27H,9-11H2,1-4H3,(H,28,32)(H,29,31). The number of H-pyrrole nitrogens is 1. The molecule has 4 heterocycles. The van der Waals surface area contributed by atoms with E-state index in [1.54, 1.807) is 13.0 Å². The number of pyridine rings is 1. The Morgan fingerprint density at radius 3 is 2.85 bits per heavy atom. The van der Waals surface area contributed by atoms with Gasteiger partial charge in [-0.15, -0.1) is 0 Å². The Bertz CT molecular complexity index is 1310. The largest absolute Gasteiger partial charge is 0.496 e. The fourth-order valence-corrected chi connectivity index (χ4v) is 5.93. The smallest absolute Gasteiger partial charge is 0.256 e. The summed E-state index contributed by atoms with van der Waals surface area (Å²) in [6.45, 7) is 6.88. The van der Waals surface area contributed by atoms with E-state index in [1.807, 2.05) is 19.1 Å². The highest BCUT2D eigenvalue weighted by molar-refractivity contribution is 6.09. The van der Waals surface area contributed by atoms with Crippen molar-refractivity contribution >= 4 is 16.8 Å². The summed E-state index contributed by atoms with van der Waals surface area (Å²) in [7, 11) is 1.50. The number of aromatic amines is 1. The molecule has 2 aliphatic heterocycles. The third kappa shape index (κ3) is 3.27. The van der Waals surface area contributed by atoms with Crippen LogP contribution in [0, 0.1) is 19.8 Å². The molecule has 4 unspecified atom stereocenters. The van der Waals surface area contributed by atoms with Crippen molar-refractivity contribution in [2.45, 2.75) is 45.4 Å². The number of carbonyl (C=O) groups is 1. The Morgan fingerprint density at radius 2 is 2.09 bits per heavy atom. The first kappa shape index (κ1) is 21.7. The summed E-state index contributed by atoms with van der Waals surface area (Å²) in [5.41, 5.74) is 4.26. The van der Waals surface area contributed by atoms with E-state index in [4.69, 9.17) is 4.74 Å². The molecule has 3 aromatic rings. The summed E-state index contributed by atoms with van der Waals surface area (Å²) in [6.07, 6.45) is -0.943. The number of aromatic nitrogens is 2. The number of para-hydroxylation sites is 1. The highest BCUT2D eigenvalue weighted by Gasteiger charge is 2.44. The Labute approximate surface area is 191 Å². The third-order valence-corrected chi connectivity index (χ3v) is 7.35. The second-order valence-electron chi connectivity index (χ2n) is 9.18.